The number of rotatable bonds is 8. The van der Waals surface area contributed by atoms with Crippen LogP contribution < -0.4 is 21.3 Å². The molecule has 2 aromatic heterocycles. The van der Waals surface area contributed by atoms with Crippen LogP contribution in [-0.4, -0.2) is 53.0 Å². The van der Waals surface area contributed by atoms with Crippen LogP contribution in [0.3, 0.4) is 0 Å². The Morgan fingerprint density at radius 2 is 1.91 bits per heavy atom. The van der Waals surface area contributed by atoms with Crippen molar-refractivity contribution in [2.24, 2.45) is 0 Å². The van der Waals surface area contributed by atoms with Gasteiger partial charge in [-0.15, -0.1) is 11.3 Å². The molecule has 0 spiro atoms. The lowest BCUT2D eigenvalue weighted by Gasteiger charge is -2.16. The third kappa shape index (κ3) is 6.42. The first-order valence-corrected chi connectivity index (χ1v) is 12.3. The average molecular weight is 530 g/mol. The number of likely N-dealkylation sites (tertiary alicyclic amines) is 1. The van der Waals surface area contributed by atoms with E-state index in [1.165, 1.54) is 11.3 Å². The van der Waals surface area contributed by atoms with Crippen LogP contribution in [0.2, 0.25) is 0 Å². The van der Waals surface area contributed by atoms with Gasteiger partial charge in [0.15, 0.2) is 0 Å². The highest BCUT2D eigenvalue weighted by molar-refractivity contribution is 9.10. The Hall–Kier alpha value is -3.18. The summed E-state index contributed by atoms with van der Waals surface area (Å²) in [5.41, 5.74) is 1.46. The minimum Gasteiger partial charge on any atom is -0.367 e. The van der Waals surface area contributed by atoms with Crippen molar-refractivity contribution in [2.75, 3.05) is 42.1 Å². The van der Waals surface area contributed by atoms with Gasteiger partial charge in [0.05, 0.1) is 9.35 Å². The zero-order chi connectivity index (χ0) is 23.0. The fourth-order valence-electron chi connectivity index (χ4n) is 3.33. The second kappa shape index (κ2) is 11.1. The second-order valence-corrected chi connectivity index (χ2v) is 9.18. The van der Waals surface area contributed by atoms with Gasteiger partial charge in [-0.3, -0.25) is 4.79 Å². The van der Waals surface area contributed by atoms with Crippen LogP contribution in [0, 0.1) is 0 Å². The van der Waals surface area contributed by atoms with E-state index in [1.807, 2.05) is 40.6 Å². The van der Waals surface area contributed by atoms with E-state index >= 15 is 0 Å². The topological polar surface area (TPSA) is 111 Å². The minimum atomic E-state index is -0.0902. The van der Waals surface area contributed by atoms with Crippen molar-refractivity contribution in [1.82, 2.24) is 20.2 Å². The lowest BCUT2D eigenvalue weighted by atomic mass is 10.3. The Morgan fingerprint density at radius 3 is 2.70 bits per heavy atom. The van der Waals surface area contributed by atoms with Gasteiger partial charge in [0.25, 0.3) is 5.91 Å². The molecule has 3 aromatic rings. The minimum absolute atomic E-state index is 0.0813. The van der Waals surface area contributed by atoms with Crippen LogP contribution in [0.5, 0.6) is 0 Å². The van der Waals surface area contributed by atoms with Gasteiger partial charge in [0.2, 0.25) is 5.95 Å². The zero-order valence-electron chi connectivity index (χ0n) is 17.8. The smallest absolute Gasteiger partial charge is 0.321 e. The Balaban J connectivity index is 1.31. The number of urea groups is 1. The van der Waals surface area contributed by atoms with Crippen LogP contribution in [0.1, 0.15) is 22.5 Å². The van der Waals surface area contributed by atoms with Gasteiger partial charge >= 0.3 is 6.03 Å². The zero-order valence-corrected chi connectivity index (χ0v) is 20.2. The highest BCUT2D eigenvalue weighted by atomic mass is 79.9. The lowest BCUT2D eigenvalue weighted by molar-refractivity contribution is 0.0959. The van der Waals surface area contributed by atoms with E-state index in [0.29, 0.717) is 39.9 Å². The van der Waals surface area contributed by atoms with E-state index in [9.17, 15) is 9.59 Å². The molecule has 0 saturated carbocycles. The van der Waals surface area contributed by atoms with Crippen molar-refractivity contribution < 1.29 is 9.59 Å². The van der Waals surface area contributed by atoms with Gasteiger partial charge in [0, 0.05) is 43.8 Å². The largest absolute Gasteiger partial charge is 0.367 e. The van der Waals surface area contributed by atoms with Crippen molar-refractivity contribution in [3.8, 4) is 0 Å². The van der Waals surface area contributed by atoms with E-state index in [-0.39, 0.29) is 11.9 Å². The number of hydrogen-bond acceptors (Lipinski definition) is 7. The highest BCUT2D eigenvalue weighted by Crippen LogP contribution is 2.23. The summed E-state index contributed by atoms with van der Waals surface area (Å²) in [4.78, 5) is 35.6. The fraction of sp³-hybridized carbons (Fsp3) is 0.273. The Bertz CT molecular complexity index is 1100. The normalized spacial score (nSPS) is 12.9. The second-order valence-electron chi connectivity index (χ2n) is 7.38. The van der Waals surface area contributed by atoms with E-state index < -0.39 is 0 Å². The van der Waals surface area contributed by atoms with Gasteiger partial charge in [-0.2, -0.15) is 4.98 Å². The first-order valence-electron chi connectivity index (χ1n) is 10.6. The van der Waals surface area contributed by atoms with Crippen LogP contribution in [0.25, 0.3) is 0 Å². The number of aromatic nitrogens is 2. The molecule has 3 amide bonds. The predicted octanol–water partition coefficient (Wildman–Crippen LogP) is 4.51. The summed E-state index contributed by atoms with van der Waals surface area (Å²) in [5, 5.41) is 14.0. The third-order valence-electron chi connectivity index (χ3n) is 4.96. The van der Waals surface area contributed by atoms with E-state index in [1.54, 1.807) is 12.3 Å². The molecule has 9 nitrogen and oxygen atoms in total. The SMILES string of the molecule is O=C(NCCNc1nc(Nc2cccc(NC(=O)N3CCCC3)c2)ncc1Br)c1cccs1. The molecule has 1 aliphatic rings. The molecule has 33 heavy (non-hydrogen) atoms. The molecule has 0 atom stereocenters. The maximum atomic E-state index is 12.3. The first kappa shape index (κ1) is 23.0. The molecule has 1 fully saturated rings. The molecule has 0 radical (unpaired) electrons. The molecule has 1 aliphatic heterocycles. The number of halogens is 1. The molecule has 0 unspecified atom stereocenters. The van der Waals surface area contributed by atoms with E-state index in [2.05, 4.69) is 47.2 Å². The summed E-state index contributed by atoms with van der Waals surface area (Å²) in [5.74, 6) is 0.926. The van der Waals surface area contributed by atoms with Crippen molar-refractivity contribution in [2.45, 2.75) is 12.8 Å². The summed E-state index contributed by atoms with van der Waals surface area (Å²) in [7, 11) is 0. The number of nitrogens with one attached hydrogen (secondary N) is 4. The quantitative estimate of drug-likeness (QED) is 0.319. The number of hydrogen-bond donors (Lipinski definition) is 4. The summed E-state index contributed by atoms with van der Waals surface area (Å²) in [6.45, 7) is 2.55. The summed E-state index contributed by atoms with van der Waals surface area (Å²) in [6, 6.07) is 11.0. The van der Waals surface area contributed by atoms with Gasteiger partial charge in [-0.05, 0) is 58.4 Å². The molecular formula is C22H24BrN7O2S. The van der Waals surface area contributed by atoms with Crippen molar-refractivity contribution in [3.05, 3.63) is 57.3 Å². The Kier molecular flexibility index (Phi) is 7.74. The molecule has 11 heteroatoms. The number of anilines is 4. The highest BCUT2D eigenvalue weighted by Gasteiger charge is 2.17. The van der Waals surface area contributed by atoms with Crippen LogP contribution in [-0.2, 0) is 0 Å². The number of benzene rings is 1. The number of thiophene rings is 1. The molecule has 3 heterocycles. The standard InChI is InChI=1S/C22H24BrN7O2S/c23-17-14-26-21(29-19(17)24-8-9-25-20(31)18-7-4-12-33-18)27-15-5-3-6-16(13-15)28-22(32)30-10-1-2-11-30/h3-7,12-14H,1-2,8-11H2,(H,25,31)(H,28,32)(H2,24,26,27,29). The van der Waals surface area contributed by atoms with Gasteiger partial charge < -0.3 is 26.2 Å². The summed E-state index contributed by atoms with van der Waals surface area (Å²) >= 11 is 4.85. The summed E-state index contributed by atoms with van der Waals surface area (Å²) < 4.78 is 0.712. The molecule has 1 saturated heterocycles. The number of amides is 3. The van der Waals surface area contributed by atoms with E-state index in [0.717, 1.165) is 31.6 Å². The molecule has 0 aliphatic carbocycles. The monoisotopic (exact) mass is 529 g/mol. The van der Waals surface area contributed by atoms with Crippen LogP contribution >= 0.6 is 27.3 Å². The maximum Gasteiger partial charge on any atom is 0.321 e. The average Bonchev–Trinajstić information content (AvgIpc) is 3.53. The van der Waals surface area contributed by atoms with Crippen molar-refractivity contribution >= 4 is 62.3 Å². The lowest BCUT2D eigenvalue weighted by Crippen LogP contribution is -2.32. The summed E-state index contributed by atoms with van der Waals surface area (Å²) in [6.07, 6.45) is 3.75. The Labute approximate surface area is 204 Å². The predicted molar refractivity (Wildman–Crippen MR) is 134 cm³/mol. The number of carbonyl (C=O) groups is 2. The van der Waals surface area contributed by atoms with Gasteiger partial charge in [-0.25, -0.2) is 9.78 Å². The Morgan fingerprint density at radius 1 is 1.09 bits per heavy atom. The van der Waals surface area contributed by atoms with E-state index in [4.69, 9.17) is 0 Å². The van der Waals surface area contributed by atoms with Crippen LogP contribution in [0.15, 0.2) is 52.4 Å². The van der Waals surface area contributed by atoms with Crippen molar-refractivity contribution in [3.63, 3.8) is 0 Å². The molecule has 1 aromatic carbocycles. The van der Waals surface area contributed by atoms with Gasteiger partial charge in [0.1, 0.15) is 5.82 Å². The van der Waals surface area contributed by atoms with Crippen LogP contribution in [0.4, 0.5) is 27.9 Å². The van der Waals surface area contributed by atoms with Gasteiger partial charge in [-0.1, -0.05) is 12.1 Å². The molecule has 4 rings (SSSR count). The fourth-order valence-corrected chi connectivity index (χ4v) is 4.30. The number of nitrogens with zero attached hydrogens (tertiary/aromatic N) is 3. The molecule has 4 N–H and O–H groups in total. The van der Waals surface area contributed by atoms with Crippen molar-refractivity contribution in [1.29, 1.82) is 0 Å². The maximum absolute atomic E-state index is 12.3. The first-order chi connectivity index (χ1) is 16.1. The third-order valence-corrected chi connectivity index (χ3v) is 6.40. The molecule has 0 bridgehead atoms. The molecule has 172 valence electrons. The molecular weight excluding hydrogens is 506 g/mol. The number of carbonyl (C=O) groups excluding carboxylic acids is 2.